The maximum Gasteiger partial charge on any atom is 0.274 e. The molecule has 7 nitrogen and oxygen atoms in total. The van der Waals surface area contributed by atoms with Crippen molar-refractivity contribution in [1.29, 1.82) is 0 Å². The lowest BCUT2D eigenvalue weighted by Crippen LogP contribution is -2.11. The number of aromatic amines is 1. The summed E-state index contributed by atoms with van der Waals surface area (Å²) in [7, 11) is 0. The second-order valence-corrected chi connectivity index (χ2v) is 6.19. The Bertz CT molecular complexity index is 925. The smallest absolute Gasteiger partial charge is 0.274 e. The molecule has 0 bridgehead atoms. The summed E-state index contributed by atoms with van der Waals surface area (Å²) in [6.07, 6.45) is 1.72. The van der Waals surface area contributed by atoms with Gasteiger partial charge in [0.05, 0.1) is 16.8 Å². The molecule has 25 heavy (non-hydrogen) atoms. The van der Waals surface area contributed by atoms with Gasteiger partial charge in [-0.25, -0.2) is 4.98 Å². The summed E-state index contributed by atoms with van der Waals surface area (Å²) in [4.78, 5) is 29.4. The second kappa shape index (κ2) is 7.18. The summed E-state index contributed by atoms with van der Waals surface area (Å²) in [5, 5.41) is 11.9. The Hall–Kier alpha value is -3.13. The van der Waals surface area contributed by atoms with Gasteiger partial charge in [0.2, 0.25) is 5.91 Å². The Kier molecular flexibility index (Phi) is 4.80. The van der Waals surface area contributed by atoms with E-state index in [0.717, 1.165) is 11.3 Å². The van der Waals surface area contributed by atoms with Gasteiger partial charge in [-0.05, 0) is 11.6 Å². The van der Waals surface area contributed by atoms with Crippen molar-refractivity contribution in [2.75, 3.05) is 0 Å². The topological polar surface area (TPSA) is 115 Å². The van der Waals surface area contributed by atoms with E-state index in [-0.39, 0.29) is 11.3 Å². The van der Waals surface area contributed by atoms with Crippen LogP contribution < -0.4 is 5.73 Å². The van der Waals surface area contributed by atoms with Crippen molar-refractivity contribution >= 4 is 23.4 Å². The molecule has 1 amide bonds. The number of carbonyl (C=O) groups is 1. The normalized spacial score (nSPS) is 10.6. The number of imidazole rings is 1. The highest BCUT2D eigenvalue weighted by molar-refractivity contribution is 7.98. The quantitative estimate of drug-likeness (QED) is 0.400. The monoisotopic (exact) mass is 354 g/mol. The number of H-pyrrole nitrogens is 1. The van der Waals surface area contributed by atoms with Gasteiger partial charge in [-0.2, -0.15) is 0 Å². The highest BCUT2D eigenvalue weighted by Crippen LogP contribution is 2.28. The molecule has 0 aliphatic heterocycles. The Labute approximate surface area is 147 Å². The standard InChI is InChI=1S/C17H14N4O3S/c18-16(22)12-6-7-13(15(8-12)21(23)24)10-25-17-19-9-14(20-17)11-4-2-1-3-5-11/h1-9H,10H2,(H2,18,22)(H,19,20). The first kappa shape index (κ1) is 16.7. The first-order valence-electron chi connectivity index (χ1n) is 7.35. The number of nitrogens with one attached hydrogen (secondary N) is 1. The van der Waals surface area contributed by atoms with Crippen molar-refractivity contribution in [3.63, 3.8) is 0 Å². The minimum Gasteiger partial charge on any atom is -0.366 e. The van der Waals surface area contributed by atoms with Gasteiger partial charge in [-0.15, -0.1) is 0 Å². The lowest BCUT2D eigenvalue weighted by molar-refractivity contribution is -0.385. The van der Waals surface area contributed by atoms with E-state index in [2.05, 4.69) is 9.97 Å². The van der Waals surface area contributed by atoms with E-state index in [4.69, 9.17) is 5.73 Å². The number of primary amides is 1. The molecular weight excluding hydrogens is 340 g/mol. The maximum atomic E-state index is 11.2. The van der Waals surface area contributed by atoms with Gasteiger partial charge in [0, 0.05) is 22.9 Å². The number of rotatable bonds is 6. The third kappa shape index (κ3) is 3.86. The van der Waals surface area contributed by atoms with Gasteiger partial charge >= 0.3 is 0 Å². The van der Waals surface area contributed by atoms with Crippen LogP contribution in [-0.2, 0) is 5.75 Å². The Morgan fingerprint density at radius 1 is 1.24 bits per heavy atom. The Balaban J connectivity index is 1.77. The van der Waals surface area contributed by atoms with Crippen LogP contribution in [-0.4, -0.2) is 20.8 Å². The molecule has 1 heterocycles. The van der Waals surface area contributed by atoms with Crippen LogP contribution in [0.5, 0.6) is 0 Å². The first-order chi connectivity index (χ1) is 12.0. The molecular formula is C17H14N4O3S. The van der Waals surface area contributed by atoms with Crippen LogP contribution in [0.4, 0.5) is 5.69 Å². The molecule has 0 saturated heterocycles. The number of aromatic nitrogens is 2. The first-order valence-corrected chi connectivity index (χ1v) is 8.33. The number of nitrogens with zero attached hydrogens (tertiary/aromatic N) is 2. The maximum absolute atomic E-state index is 11.2. The number of benzene rings is 2. The number of nitro benzene ring substituents is 1. The predicted molar refractivity (Wildman–Crippen MR) is 95.2 cm³/mol. The van der Waals surface area contributed by atoms with Crippen LogP contribution in [0.2, 0.25) is 0 Å². The fraction of sp³-hybridized carbons (Fsp3) is 0.0588. The van der Waals surface area contributed by atoms with Gasteiger partial charge < -0.3 is 10.7 Å². The number of nitrogens with two attached hydrogens (primary N) is 1. The number of thioether (sulfide) groups is 1. The molecule has 126 valence electrons. The van der Waals surface area contributed by atoms with Crippen LogP contribution in [0.25, 0.3) is 11.3 Å². The lowest BCUT2D eigenvalue weighted by atomic mass is 10.1. The number of hydrogen-bond donors (Lipinski definition) is 2. The molecule has 0 fully saturated rings. The van der Waals surface area contributed by atoms with Crippen LogP contribution in [0.15, 0.2) is 59.9 Å². The van der Waals surface area contributed by atoms with Crippen LogP contribution >= 0.6 is 11.8 Å². The molecule has 0 unspecified atom stereocenters. The van der Waals surface area contributed by atoms with Crippen molar-refractivity contribution in [2.45, 2.75) is 10.9 Å². The number of carbonyl (C=O) groups excluding carboxylic acids is 1. The second-order valence-electron chi connectivity index (χ2n) is 5.22. The molecule has 3 rings (SSSR count). The van der Waals surface area contributed by atoms with Crippen molar-refractivity contribution < 1.29 is 9.72 Å². The van der Waals surface area contributed by atoms with Crippen molar-refractivity contribution in [3.8, 4) is 11.3 Å². The van der Waals surface area contributed by atoms with E-state index >= 15 is 0 Å². The number of nitro groups is 1. The third-order valence-electron chi connectivity index (χ3n) is 3.57. The van der Waals surface area contributed by atoms with Crippen LogP contribution in [0, 0.1) is 10.1 Å². The number of amides is 1. The van der Waals surface area contributed by atoms with Gasteiger partial charge in [0.25, 0.3) is 5.69 Å². The summed E-state index contributed by atoms with van der Waals surface area (Å²) in [5.41, 5.74) is 7.55. The van der Waals surface area contributed by atoms with E-state index in [9.17, 15) is 14.9 Å². The average molecular weight is 354 g/mol. The molecule has 0 radical (unpaired) electrons. The minimum atomic E-state index is -0.694. The molecule has 8 heteroatoms. The highest BCUT2D eigenvalue weighted by Gasteiger charge is 2.17. The summed E-state index contributed by atoms with van der Waals surface area (Å²) < 4.78 is 0. The Morgan fingerprint density at radius 2 is 2.00 bits per heavy atom. The molecule has 0 saturated carbocycles. The van der Waals surface area contributed by atoms with Crippen LogP contribution in [0.1, 0.15) is 15.9 Å². The average Bonchev–Trinajstić information content (AvgIpc) is 3.09. The van der Waals surface area contributed by atoms with Gasteiger partial charge in [-0.3, -0.25) is 14.9 Å². The minimum absolute atomic E-state index is 0.116. The molecule has 3 aromatic rings. The van der Waals surface area contributed by atoms with Gasteiger partial charge in [0.1, 0.15) is 0 Å². The fourth-order valence-corrected chi connectivity index (χ4v) is 3.14. The van der Waals surface area contributed by atoms with E-state index in [1.807, 2.05) is 30.3 Å². The Morgan fingerprint density at radius 3 is 2.68 bits per heavy atom. The summed E-state index contributed by atoms with van der Waals surface area (Å²) in [6.45, 7) is 0. The van der Waals surface area contributed by atoms with Crippen molar-refractivity contribution in [3.05, 3.63) is 76.0 Å². The summed E-state index contributed by atoms with van der Waals surface area (Å²) in [6, 6.07) is 14.0. The summed E-state index contributed by atoms with van der Waals surface area (Å²) in [5.74, 6) is -0.349. The predicted octanol–water partition coefficient (Wildman–Crippen LogP) is 3.38. The zero-order valence-corrected chi connectivity index (χ0v) is 13.8. The third-order valence-corrected chi connectivity index (χ3v) is 4.50. The largest absolute Gasteiger partial charge is 0.366 e. The number of hydrogen-bond acceptors (Lipinski definition) is 5. The molecule has 3 N–H and O–H groups in total. The van der Waals surface area contributed by atoms with E-state index in [0.29, 0.717) is 16.5 Å². The van der Waals surface area contributed by atoms with E-state index < -0.39 is 10.8 Å². The van der Waals surface area contributed by atoms with Gasteiger partial charge in [0.15, 0.2) is 5.16 Å². The zero-order chi connectivity index (χ0) is 17.8. The summed E-state index contributed by atoms with van der Waals surface area (Å²) >= 11 is 1.35. The zero-order valence-electron chi connectivity index (χ0n) is 13.0. The molecule has 0 aliphatic rings. The fourth-order valence-electron chi connectivity index (χ4n) is 2.30. The van der Waals surface area contributed by atoms with Crippen LogP contribution in [0.3, 0.4) is 0 Å². The van der Waals surface area contributed by atoms with Crippen molar-refractivity contribution in [1.82, 2.24) is 9.97 Å². The SMILES string of the molecule is NC(=O)c1ccc(CSc2ncc(-c3ccccc3)[nH]2)c([N+](=O)[O-])c1. The van der Waals surface area contributed by atoms with Crippen molar-refractivity contribution in [2.24, 2.45) is 5.73 Å². The van der Waals surface area contributed by atoms with E-state index in [1.54, 1.807) is 12.3 Å². The highest BCUT2D eigenvalue weighted by atomic mass is 32.2. The molecule has 0 aliphatic carbocycles. The molecule has 0 atom stereocenters. The molecule has 2 aromatic carbocycles. The van der Waals surface area contributed by atoms with Gasteiger partial charge in [-0.1, -0.05) is 48.2 Å². The lowest BCUT2D eigenvalue weighted by Gasteiger charge is -2.03. The molecule has 1 aromatic heterocycles. The van der Waals surface area contributed by atoms with E-state index in [1.165, 1.54) is 23.9 Å². The molecule has 0 spiro atoms.